The van der Waals surface area contributed by atoms with Gasteiger partial charge in [-0.15, -0.1) is 0 Å². The average Bonchev–Trinajstić information content (AvgIpc) is 2.34. The Hall–Kier alpha value is -1.64. The molecule has 96 valence electrons. The van der Waals surface area contributed by atoms with Gasteiger partial charge in [0.15, 0.2) is 0 Å². The van der Waals surface area contributed by atoms with E-state index in [1.165, 1.54) is 0 Å². The molecule has 5 heteroatoms. The fourth-order valence-corrected chi connectivity index (χ4v) is 2.61. The molecule has 1 aromatic carbocycles. The van der Waals surface area contributed by atoms with Crippen LogP contribution in [0, 0.1) is 11.3 Å². The number of hydrogen-bond donors (Lipinski definition) is 1. The van der Waals surface area contributed by atoms with E-state index in [1.54, 1.807) is 24.3 Å². The Morgan fingerprint density at radius 3 is 2.89 bits per heavy atom. The number of benzene rings is 1. The maximum absolute atomic E-state index is 11.7. The molecule has 0 amide bonds. The molecule has 0 spiro atoms. The summed E-state index contributed by atoms with van der Waals surface area (Å²) in [5, 5.41) is 8.74. The minimum atomic E-state index is -3.33. The van der Waals surface area contributed by atoms with Gasteiger partial charge in [-0.3, -0.25) is 0 Å². The first kappa shape index (κ1) is 14.4. The summed E-state index contributed by atoms with van der Waals surface area (Å²) < 4.78 is 26.0. The summed E-state index contributed by atoms with van der Waals surface area (Å²) in [5.41, 5.74) is 1.09. The molecule has 0 fully saturated rings. The quantitative estimate of drug-likeness (QED) is 0.630. The first-order valence-corrected chi connectivity index (χ1v) is 7.30. The van der Waals surface area contributed by atoms with E-state index in [9.17, 15) is 8.42 Å². The number of nitrogens with one attached hydrogen (secondary N) is 1. The largest absolute Gasteiger partial charge is 0.215 e. The van der Waals surface area contributed by atoms with Crippen LogP contribution >= 0.6 is 0 Å². The molecule has 0 saturated heterocycles. The van der Waals surface area contributed by atoms with Crippen LogP contribution in [0.2, 0.25) is 0 Å². The van der Waals surface area contributed by atoms with Crippen LogP contribution in [0.4, 0.5) is 0 Å². The van der Waals surface area contributed by atoms with E-state index in [0.717, 1.165) is 0 Å². The summed E-state index contributed by atoms with van der Waals surface area (Å²) in [6.45, 7) is 2.28. The van der Waals surface area contributed by atoms with Crippen LogP contribution in [0.5, 0.6) is 0 Å². The van der Waals surface area contributed by atoms with E-state index in [4.69, 9.17) is 5.26 Å². The fraction of sp³-hybridized carbons (Fsp3) is 0.308. The highest BCUT2D eigenvalue weighted by Crippen LogP contribution is 2.07. The number of allylic oxidation sites excluding steroid dienone is 1. The summed E-state index contributed by atoms with van der Waals surface area (Å²) in [6, 6.07) is 8.61. The highest BCUT2D eigenvalue weighted by Gasteiger charge is 2.10. The molecule has 0 atom stereocenters. The van der Waals surface area contributed by atoms with Gasteiger partial charge in [-0.2, -0.15) is 5.26 Å². The smallest absolute Gasteiger partial charge is 0.215 e. The SMILES string of the molecule is C/C=C/CCNS(=O)(=O)Cc1cccc(C#N)c1. The molecule has 1 N–H and O–H groups in total. The van der Waals surface area contributed by atoms with Crippen LogP contribution < -0.4 is 4.72 Å². The van der Waals surface area contributed by atoms with Crippen molar-refractivity contribution in [2.24, 2.45) is 0 Å². The Morgan fingerprint density at radius 2 is 2.22 bits per heavy atom. The molecule has 0 bridgehead atoms. The van der Waals surface area contributed by atoms with Crippen molar-refractivity contribution in [2.45, 2.75) is 19.1 Å². The van der Waals surface area contributed by atoms with E-state index in [2.05, 4.69) is 4.72 Å². The van der Waals surface area contributed by atoms with Crippen molar-refractivity contribution in [2.75, 3.05) is 6.54 Å². The van der Waals surface area contributed by atoms with E-state index >= 15 is 0 Å². The number of rotatable bonds is 6. The summed E-state index contributed by atoms with van der Waals surface area (Å²) in [5.74, 6) is -0.0988. The van der Waals surface area contributed by atoms with Crippen LogP contribution in [0.3, 0.4) is 0 Å². The van der Waals surface area contributed by atoms with Gasteiger partial charge in [-0.25, -0.2) is 13.1 Å². The Labute approximate surface area is 108 Å². The van der Waals surface area contributed by atoms with Crippen molar-refractivity contribution in [3.63, 3.8) is 0 Å². The van der Waals surface area contributed by atoms with Gasteiger partial charge < -0.3 is 0 Å². The number of hydrogen-bond acceptors (Lipinski definition) is 3. The molecule has 0 radical (unpaired) electrons. The van der Waals surface area contributed by atoms with E-state index in [1.807, 2.05) is 25.1 Å². The van der Waals surface area contributed by atoms with Crippen LogP contribution in [0.1, 0.15) is 24.5 Å². The van der Waals surface area contributed by atoms with Crippen LogP contribution in [-0.4, -0.2) is 15.0 Å². The molecule has 0 aliphatic rings. The lowest BCUT2D eigenvalue weighted by Crippen LogP contribution is -2.25. The molecule has 0 aromatic heterocycles. The van der Waals surface area contributed by atoms with Crippen molar-refractivity contribution in [3.8, 4) is 6.07 Å². The molecule has 18 heavy (non-hydrogen) atoms. The third-order valence-corrected chi connectivity index (χ3v) is 3.64. The highest BCUT2D eigenvalue weighted by molar-refractivity contribution is 7.88. The zero-order chi connectivity index (χ0) is 13.4. The Morgan fingerprint density at radius 1 is 1.44 bits per heavy atom. The van der Waals surface area contributed by atoms with Gasteiger partial charge >= 0.3 is 0 Å². The standard InChI is InChI=1S/C13H16N2O2S/c1-2-3-4-8-15-18(16,17)11-13-7-5-6-12(9-13)10-14/h2-3,5-7,9,15H,4,8,11H2,1H3/b3-2+. The van der Waals surface area contributed by atoms with Gasteiger partial charge in [0, 0.05) is 6.54 Å². The van der Waals surface area contributed by atoms with Crippen molar-refractivity contribution in [1.29, 1.82) is 5.26 Å². The molecule has 0 heterocycles. The van der Waals surface area contributed by atoms with Crippen molar-refractivity contribution >= 4 is 10.0 Å². The molecule has 1 rings (SSSR count). The lowest BCUT2D eigenvalue weighted by Gasteiger charge is -2.05. The fourth-order valence-electron chi connectivity index (χ4n) is 1.47. The molecule has 4 nitrogen and oxygen atoms in total. The Balaban J connectivity index is 2.62. The molecular weight excluding hydrogens is 248 g/mol. The van der Waals surface area contributed by atoms with Crippen molar-refractivity contribution in [3.05, 3.63) is 47.5 Å². The number of nitrogens with zero attached hydrogens (tertiary/aromatic N) is 1. The topological polar surface area (TPSA) is 70.0 Å². The molecule has 0 saturated carbocycles. The van der Waals surface area contributed by atoms with Crippen LogP contribution in [-0.2, 0) is 15.8 Å². The number of nitriles is 1. The van der Waals surface area contributed by atoms with Crippen molar-refractivity contribution in [1.82, 2.24) is 4.72 Å². The van der Waals surface area contributed by atoms with Gasteiger partial charge in [0.25, 0.3) is 0 Å². The Kier molecular flexibility index (Phi) is 5.56. The molecule has 0 unspecified atom stereocenters. The predicted molar refractivity (Wildman–Crippen MR) is 71.2 cm³/mol. The first-order valence-electron chi connectivity index (χ1n) is 5.65. The molecule has 1 aromatic rings. The van der Waals surface area contributed by atoms with Gasteiger partial charge in [-0.05, 0) is 31.0 Å². The van der Waals surface area contributed by atoms with Gasteiger partial charge in [-0.1, -0.05) is 24.3 Å². The first-order chi connectivity index (χ1) is 8.57. The summed E-state index contributed by atoms with van der Waals surface area (Å²) >= 11 is 0. The third-order valence-electron chi connectivity index (χ3n) is 2.28. The summed E-state index contributed by atoms with van der Waals surface area (Å²) in [6.07, 6.45) is 4.46. The summed E-state index contributed by atoms with van der Waals surface area (Å²) in [4.78, 5) is 0. The summed E-state index contributed by atoms with van der Waals surface area (Å²) in [7, 11) is -3.33. The second-order valence-corrected chi connectivity index (χ2v) is 5.63. The molecule has 0 aliphatic carbocycles. The molecular formula is C13H16N2O2S. The minimum Gasteiger partial charge on any atom is -0.215 e. The molecule has 0 aliphatic heterocycles. The monoisotopic (exact) mass is 264 g/mol. The van der Waals surface area contributed by atoms with Crippen LogP contribution in [0.15, 0.2) is 36.4 Å². The van der Waals surface area contributed by atoms with Gasteiger partial charge in [0.2, 0.25) is 10.0 Å². The van der Waals surface area contributed by atoms with E-state index in [-0.39, 0.29) is 5.75 Å². The van der Waals surface area contributed by atoms with Gasteiger partial charge in [0.05, 0.1) is 17.4 Å². The maximum atomic E-state index is 11.7. The van der Waals surface area contributed by atoms with E-state index < -0.39 is 10.0 Å². The maximum Gasteiger partial charge on any atom is 0.215 e. The third kappa shape index (κ3) is 5.13. The van der Waals surface area contributed by atoms with Gasteiger partial charge in [0.1, 0.15) is 0 Å². The zero-order valence-electron chi connectivity index (χ0n) is 10.3. The Bertz CT molecular complexity index is 557. The van der Waals surface area contributed by atoms with Crippen LogP contribution in [0.25, 0.3) is 0 Å². The second kappa shape index (κ2) is 6.94. The second-order valence-electron chi connectivity index (χ2n) is 3.82. The lowest BCUT2D eigenvalue weighted by atomic mass is 10.2. The number of sulfonamides is 1. The predicted octanol–water partition coefficient (Wildman–Crippen LogP) is 1.94. The van der Waals surface area contributed by atoms with E-state index in [0.29, 0.717) is 24.1 Å². The normalized spacial score (nSPS) is 11.6. The minimum absolute atomic E-state index is 0.0988. The lowest BCUT2D eigenvalue weighted by molar-refractivity contribution is 0.581. The average molecular weight is 264 g/mol. The highest BCUT2D eigenvalue weighted by atomic mass is 32.2. The zero-order valence-corrected chi connectivity index (χ0v) is 11.1. The van der Waals surface area contributed by atoms with Crippen molar-refractivity contribution < 1.29 is 8.42 Å².